The fourth-order valence-corrected chi connectivity index (χ4v) is 6.76. The number of fused-ring (bicyclic) bond motifs is 3. The molecule has 2 aromatic carbocycles. The Balaban J connectivity index is 1.17. The average molecular weight is 492 g/mol. The highest BCUT2D eigenvalue weighted by Gasteiger charge is 2.47. The maximum Gasteiger partial charge on any atom is 0.471 e. The van der Waals surface area contributed by atoms with Crippen LogP contribution in [-0.4, -0.2) is 48.8 Å². The number of piperazine rings is 1. The Morgan fingerprint density at radius 1 is 1.09 bits per heavy atom. The number of hydrogen-bond donors (Lipinski definition) is 0. The molecule has 7 nitrogen and oxygen atoms in total. The van der Waals surface area contributed by atoms with E-state index in [0.29, 0.717) is 23.1 Å². The van der Waals surface area contributed by atoms with Crippen molar-refractivity contribution in [3.05, 3.63) is 54.6 Å². The quantitative estimate of drug-likeness (QED) is 0.423. The zero-order chi connectivity index (χ0) is 22.7. The molecule has 0 amide bonds. The highest BCUT2D eigenvalue weighted by molar-refractivity contribution is 7.82. The monoisotopic (exact) mass is 491 g/mol. The van der Waals surface area contributed by atoms with Crippen LogP contribution in [0.4, 0.5) is 18.3 Å². The third-order valence-corrected chi connectivity index (χ3v) is 8.51. The second-order valence-electron chi connectivity index (χ2n) is 7.98. The summed E-state index contributed by atoms with van der Waals surface area (Å²) >= 11 is 1.22. The van der Waals surface area contributed by atoms with E-state index in [9.17, 15) is 17.4 Å². The molecule has 3 atom stereocenters. The molecule has 4 aromatic rings. The van der Waals surface area contributed by atoms with Crippen LogP contribution < -0.4 is 4.90 Å². The molecule has 170 valence electrons. The van der Waals surface area contributed by atoms with Crippen LogP contribution in [0.15, 0.2) is 58.1 Å². The van der Waals surface area contributed by atoms with Crippen LogP contribution in [0, 0.1) is 0 Å². The van der Waals surface area contributed by atoms with Crippen LogP contribution in [0.3, 0.4) is 0 Å². The molecule has 0 spiro atoms. The van der Waals surface area contributed by atoms with Crippen LogP contribution in [0.5, 0.6) is 0 Å². The third-order valence-electron chi connectivity index (χ3n) is 5.95. The number of aromatic nitrogens is 3. The summed E-state index contributed by atoms with van der Waals surface area (Å²) in [6.45, 7) is 1.27. The maximum absolute atomic E-state index is 13.3. The number of hydrogen-bond acceptors (Lipinski definition) is 7. The minimum Gasteiger partial charge on any atom is -0.342 e. The lowest BCUT2D eigenvalue weighted by molar-refractivity contribution is -0.159. The topological polar surface area (TPSA) is 75.4 Å². The van der Waals surface area contributed by atoms with Crippen molar-refractivity contribution in [1.82, 2.24) is 19.4 Å². The van der Waals surface area contributed by atoms with Crippen molar-refractivity contribution in [1.29, 1.82) is 0 Å². The molecule has 6 rings (SSSR count). The van der Waals surface area contributed by atoms with Gasteiger partial charge in [-0.15, -0.1) is 0 Å². The molecule has 12 heteroatoms. The van der Waals surface area contributed by atoms with Gasteiger partial charge in [0.2, 0.25) is 5.82 Å². The van der Waals surface area contributed by atoms with Gasteiger partial charge in [0.05, 0.1) is 16.0 Å². The molecule has 2 aliphatic rings. The van der Waals surface area contributed by atoms with Gasteiger partial charge in [-0.25, -0.2) is 13.5 Å². The molecule has 2 saturated heterocycles. The maximum atomic E-state index is 13.3. The Bertz CT molecular complexity index is 1370. The van der Waals surface area contributed by atoms with E-state index >= 15 is 0 Å². The van der Waals surface area contributed by atoms with Gasteiger partial charge in [-0.05, 0) is 29.3 Å². The van der Waals surface area contributed by atoms with Gasteiger partial charge in [-0.2, -0.15) is 18.2 Å². The van der Waals surface area contributed by atoms with E-state index in [0.717, 1.165) is 22.1 Å². The smallest absolute Gasteiger partial charge is 0.342 e. The van der Waals surface area contributed by atoms with Crippen LogP contribution in [0.25, 0.3) is 21.5 Å². The molecule has 0 aliphatic carbocycles. The second-order valence-corrected chi connectivity index (χ2v) is 10.4. The number of alkyl halides is 3. The van der Waals surface area contributed by atoms with Gasteiger partial charge in [0.1, 0.15) is 11.0 Å². The van der Waals surface area contributed by atoms with Gasteiger partial charge in [0.25, 0.3) is 0 Å². The first kappa shape index (κ1) is 20.8. The van der Waals surface area contributed by atoms with Crippen LogP contribution in [0.2, 0.25) is 0 Å². The van der Waals surface area contributed by atoms with Crippen LogP contribution in [0.1, 0.15) is 12.3 Å². The molecular weight excluding hydrogens is 475 g/mol. The highest BCUT2D eigenvalue weighted by atomic mass is 32.2. The number of nitrogens with zero attached hydrogens (tertiary/aromatic N) is 5. The Labute approximate surface area is 192 Å². The summed E-state index contributed by atoms with van der Waals surface area (Å²) in [7, 11) is -1.27. The number of benzene rings is 2. The zero-order valence-corrected chi connectivity index (χ0v) is 18.5. The summed E-state index contributed by atoms with van der Waals surface area (Å²) in [5.41, 5.74) is 0. The summed E-state index contributed by atoms with van der Waals surface area (Å²) in [6, 6.07) is 14.1. The molecule has 3 unspecified atom stereocenters. The molecule has 4 heterocycles. The number of anilines is 1. The van der Waals surface area contributed by atoms with E-state index in [4.69, 9.17) is 0 Å². The molecule has 0 saturated carbocycles. The molecule has 2 fully saturated rings. The standard InChI is InChI=1S/C21H16F3N5O2S2/c22-21(23,24)19-26-18(27-31-19)17-9-25-20(32-17)28-10-15-8-14(28)11-29(15)33(30)16-6-5-12-3-1-2-4-13(12)7-16/h1-7,9,14-15H,8,10-11H2. The Hall–Kier alpha value is -2.83. The van der Waals surface area contributed by atoms with Crippen molar-refractivity contribution in [3.63, 3.8) is 0 Å². The Kier molecular flexibility index (Phi) is 4.78. The fourth-order valence-electron chi connectivity index (χ4n) is 4.42. The minimum absolute atomic E-state index is 0.108. The van der Waals surface area contributed by atoms with E-state index in [2.05, 4.69) is 24.5 Å². The minimum atomic E-state index is -4.68. The molecule has 2 bridgehead atoms. The lowest BCUT2D eigenvalue weighted by Gasteiger charge is -2.33. The second kappa shape index (κ2) is 7.61. The number of rotatable bonds is 4. The molecule has 2 aromatic heterocycles. The lowest BCUT2D eigenvalue weighted by Crippen LogP contribution is -2.46. The van der Waals surface area contributed by atoms with Gasteiger partial charge in [0, 0.05) is 25.2 Å². The summed E-state index contributed by atoms with van der Waals surface area (Å²) in [5.74, 6) is -1.51. The predicted molar refractivity (Wildman–Crippen MR) is 117 cm³/mol. The van der Waals surface area contributed by atoms with Gasteiger partial charge < -0.3 is 9.42 Å². The van der Waals surface area contributed by atoms with Crippen molar-refractivity contribution >= 4 is 38.2 Å². The van der Waals surface area contributed by atoms with Crippen LogP contribution in [-0.2, 0) is 17.2 Å². The predicted octanol–water partition coefficient (Wildman–Crippen LogP) is 4.35. The van der Waals surface area contributed by atoms with Gasteiger partial charge in [0.15, 0.2) is 5.13 Å². The summed E-state index contributed by atoms with van der Waals surface area (Å²) in [4.78, 5) is 11.1. The van der Waals surface area contributed by atoms with Crippen molar-refractivity contribution in [2.24, 2.45) is 0 Å². The first-order chi connectivity index (χ1) is 15.9. The fraction of sp³-hybridized carbons (Fsp3) is 0.286. The van der Waals surface area contributed by atoms with Crippen molar-refractivity contribution in [2.75, 3.05) is 18.0 Å². The molecule has 0 radical (unpaired) electrons. The van der Waals surface area contributed by atoms with Gasteiger partial charge in [-0.1, -0.05) is 46.8 Å². The van der Waals surface area contributed by atoms with E-state index in [-0.39, 0.29) is 17.9 Å². The Morgan fingerprint density at radius 3 is 2.64 bits per heavy atom. The van der Waals surface area contributed by atoms with E-state index in [1.165, 1.54) is 17.5 Å². The van der Waals surface area contributed by atoms with Crippen molar-refractivity contribution in [3.8, 4) is 10.7 Å². The van der Waals surface area contributed by atoms with Crippen molar-refractivity contribution < 1.29 is 21.9 Å². The van der Waals surface area contributed by atoms with Gasteiger partial charge in [-0.3, -0.25) is 0 Å². The first-order valence-electron chi connectivity index (χ1n) is 10.2. The van der Waals surface area contributed by atoms with Gasteiger partial charge >= 0.3 is 12.1 Å². The SMILES string of the molecule is O=S(c1ccc2ccccc2c1)N1CC2CC1CN2c1ncc(-c2noc(C(F)(F)F)n2)s1. The summed E-state index contributed by atoms with van der Waals surface area (Å²) < 4.78 is 57.8. The molecular formula is C21H16F3N5O2S2. The average Bonchev–Trinajstić information content (AvgIpc) is 3.60. The number of thiazole rings is 1. The lowest BCUT2D eigenvalue weighted by atomic mass is 10.1. The molecule has 0 N–H and O–H groups in total. The summed E-state index contributed by atoms with van der Waals surface area (Å²) in [5, 5.41) is 6.28. The largest absolute Gasteiger partial charge is 0.471 e. The van der Waals surface area contributed by atoms with E-state index < -0.39 is 23.1 Å². The molecule has 2 aliphatic heterocycles. The summed E-state index contributed by atoms with van der Waals surface area (Å²) in [6.07, 6.45) is -2.37. The number of halogens is 3. The molecule has 33 heavy (non-hydrogen) atoms. The third kappa shape index (κ3) is 3.62. The highest BCUT2D eigenvalue weighted by Crippen LogP contribution is 2.40. The Morgan fingerprint density at radius 2 is 1.91 bits per heavy atom. The normalized spacial score (nSPS) is 21.8. The first-order valence-corrected chi connectivity index (χ1v) is 12.1. The van der Waals surface area contributed by atoms with Crippen LogP contribution >= 0.6 is 11.3 Å². The zero-order valence-electron chi connectivity index (χ0n) is 16.9. The van der Waals surface area contributed by atoms with Crippen molar-refractivity contribution in [2.45, 2.75) is 29.6 Å². The van der Waals surface area contributed by atoms with E-state index in [1.54, 1.807) is 0 Å². The van der Waals surface area contributed by atoms with E-state index in [1.807, 2.05) is 46.8 Å².